The molecule has 0 saturated heterocycles. The Balaban J connectivity index is 2.40. The SMILES string of the molecule is CCCC(=O)NNC(=O)Cc1ccccc1C. The van der Waals surface area contributed by atoms with E-state index in [9.17, 15) is 9.59 Å². The van der Waals surface area contributed by atoms with Crippen LogP contribution in [0.1, 0.15) is 30.9 Å². The molecule has 0 unspecified atom stereocenters. The van der Waals surface area contributed by atoms with Crippen molar-refractivity contribution in [2.45, 2.75) is 33.1 Å². The molecule has 0 fully saturated rings. The van der Waals surface area contributed by atoms with Crippen molar-refractivity contribution in [2.75, 3.05) is 0 Å². The van der Waals surface area contributed by atoms with Gasteiger partial charge in [0.25, 0.3) is 0 Å². The van der Waals surface area contributed by atoms with Crippen molar-refractivity contribution in [1.82, 2.24) is 10.9 Å². The second-order valence-corrected chi connectivity index (χ2v) is 3.95. The van der Waals surface area contributed by atoms with Gasteiger partial charge < -0.3 is 0 Å². The number of hydrazine groups is 1. The lowest BCUT2D eigenvalue weighted by atomic mass is 10.1. The molecule has 0 heterocycles. The van der Waals surface area contributed by atoms with Crippen LogP contribution in [0.25, 0.3) is 0 Å². The number of rotatable bonds is 4. The first-order chi connectivity index (χ1) is 8.13. The topological polar surface area (TPSA) is 58.2 Å². The number of nitrogens with one attached hydrogen (secondary N) is 2. The number of amides is 2. The molecule has 0 radical (unpaired) electrons. The highest BCUT2D eigenvalue weighted by Crippen LogP contribution is 2.07. The van der Waals surface area contributed by atoms with Crippen LogP contribution in [0.15, 0.2) is 24.3 Å². The van der Waals surface area contributed by atoms with Crippen LogP contribution in [-0.2, 0) is 16.0 Å². The van der Waals surface area contributed by atoms with Gasteiger partial charge in [0.15, 0.2) is 0 Å². The summed E-state index contributed by atoms with van der Waals surface area (Å²) in [5.41, 5.74) is 6.83. The first-order valence-electron chi connectivity index (χ1n) is 5.75. The highest BCUT2D eigenvalue weighted by molar-refractivity contribution is 5.83. The lowest BCUT2D eigenvalue weighted by molar-refractivity contribution is -0.128. The second kappa shape index (κ2) is 6.68. The van der Waals surface area contributed by atoms with E-state index >= 15 is 0 Å². The van der Waals surface area contributed by atoms with Gasteiger partial charge in [-0.3, -0.25) is 20.4 Å². The summed E-state index contributed by atoms with van der Waals surface area (Å²) in [5.74, 6) is -0.366. The maximum absolute atomic E-state index is 11.5. The number of carbonyl (C=O) groups is 2. The molecule has 0 aliphatic carbocycles. The van der Waals surface area contributed by atoms with E-state index in [4.69, 9.17) is 0 Å². The standard InChI is InChI=1S/C13H18N2O2/c1-3-6-12(16)14-15-13(17)9-11-8-5-4-7-10(11)2/h4-5,7-8H,3,6,9H2,1-2H3,(H,14,16)(H,15,17). The summed E-state index contributed by atoms with van der Waals surface area (Å²) in [6.45, 7) is 3.87. The zero-order valence-electron chi connectivity index (χ0n) is 10.2. The molecule has 0 aliphatic heterocycles. The largest absolute Gasteiger partial charge is 0.273 e. The Morgan fingerprint density at radius 2 is 1.76 bits per heavy atom. The van der Waals surface area contributed by atoms with Crippen molar-refractivity contribution < 1.29 is 9.59 Å². The summed E-state index contributed by atoms with van der Waals surface area (Å²) in [7, 11) is 0. The van der Waals surface area contributed by atoms with Crippen molar-refractivity contribution in [3.63, 3.8) is 0 Å². The van der Waals surface area contributed by atoms with Gasteiger partial charge in [0.1, 0.15) is 0 Å². The Labute approximate surface area is 101 Å². The third-order valence-corrected chi connectivity index (χ3v) is 2.43. The van der Waals surface area contributed by atoms with Crippen LogP contribution in [0.2, 0.25) is 0 Å². The maximum atomic E-state index is 11.5. The van der Waals surface area contributed by atoms with E-state index in [-0.39, 0.29) is 18.2 Å². The lowest BCUT2D eigenvalue weighted by Gasteiger charge is -2.08. The predicted octanol–water partition coefficient (Wildman–Crippen LogP) is 1.49. The number of hydrogen-bond acceptors (Lipinski definition) is 2. The van der Waals surface area contributed by atoms with Crippen LogP contribution in [-0.4, -0.2) is 11.8 Å². The van der Waals surface area contributed by atoms with E-state index in [1.165, 1.54) is 0 Å². The fraction of sp³-hybridized carbons (Fsp3) is 0.385. The van der Waals surface area contributed by atoms with E-state index in [1.54, 1.807) is 0 Å². The fourth-order valence-electron chi connectivity index (χ4n) is 1.45. The molecule has 4 heteroatoms. The first kappa shape index (κ1) is 13.2. The molecule has 0 bridgehead atoms. The monoisotopic (exact) mass is 234 g/mol. The highest BCUT2D eigenvalue weighted by Gasteiger charge is 2.06. The van der Waals surface area contributed by atoms with Crippen LogP contribution in [0, 0.1) is 6.92 Å². The third kappa shape index (κ3) is 4.68. The Kier molecular flexibility index (Phi) is 5.20. The Morgan fingerprint density at radius 3 is 2.41 bits per heavy atom. The van der Waals surface area contributed by atoms with Crippen LogP contribution in [0.3, 0.4) is 0 Å². The molecule has 0 saturated carbocycles. The predicted molar refractivity (Wildman–Crippen MR) is 66.1 cm³/mol. The third-order valence-electron chi connectivity index (χ3n) is 2.43. The zero-order chi connectivity index (χ0) is 12.7. The molecule has 1 rings (SSSR count). The van der Waals surface area contributed by atoms with E-state index in [2.05, 4.69) is 10.9 Å². The minimum absolute atomic E-state index is 0.161. The summed E-state index contributed by atoms with van der Waals surface area (Å²) in [6, 6.07) is 7.69. The van der Waals surface area contributed by atoms with Gasteiger partial charge in [-0.15, -0.1) is 0 Å². The molecule has 0 aromatic heterocycles. The minimum atomic E-state index is -0.205. The molecule has 17 heavy (non-hydrogen) atoms. The van der Waals surface area contributed by atoms with Crippen molar-refractivity contribution >= 4 is 11.8 Å². The van der Waals surface area contributed by atoms with Crippen molar-refractivity contribution in [2.24, 2.45) is 0 Å². The first-order valence-corrected chi connectivity index (χ1v) is 5.75. The van der Waals surface area contributed by atoms with E-state index in [0.717, 1.165) is 17.5 Å². The van der Waals surface area contributed by atoms with Gasteiger partial charge in [0.2, 0.25) is 11.8 Å². The van der Waals surface area contributed by atoms with Crippen LogP contribution < -0.4 is 10.9 Å². The van der Waals surface area contributed by atoms with Crippen molar-refractivity contribution in [3.8, 4) is 0 Å². The second-order valence-electron chi connectivity index (χ2n) is 3.95. The number of aryl methyl sites for hydroxylation is 1. The van der Waals surface area contributed by atoms with E-state index < -0.39 is 0 Å². The molecule has 1 aromatic carbocycles. The zero-order valence-corrected chi connectivity index (χ0v) is 10.2. The molecule has 0 aliphatic rings. The van der Waals surface area contributed by atoms with E-state index in [0.29, 0.717) is 6.42 Å². The molecule has 0 atom stereocenters. The molecule has 2 amide bonds. The fourth-order valence-corrected chi connectivity index (χ4v) is 1.45. The summed E-state index contributed by atoms with van der Waals surface area (Å²) in [4.78, 5) is 22.7. The van der Waals surface area contributed by atoms with E-state index in [1.807, 2.05) is 38.1 Å². The molecule has 0 spiro atoms. The van der Waals surface area contributed by atoms with Crippen LogP contribution >= 0.6 is 0 Å². The smallest absolute Gasteiger partial charge is 0.242 e. The highest BCUT2D eigenvalue weighted by atomic mass is 16.2. The molecule has 4 nitrogen and oxygen atoms in total. The van der Waals surface area contributed by atoms with Gasteiger partial charge >= 0.3 is 0 Å². The number of hydrogen-bond donors (Lipinski definition) is 2. The number of benzene rings is 1. The summed E-state index contributed by atoms with van der Waals surface area (Å²) in [6.07, 6.45) is 1.46. The normalized spacial score (nSPS) is 9.76. The molecule has 92 valence electrons. The molecule has 2 N–H and O–H groups in total. The molecular formula is C13H18N2O2. The minimum Gasteiger partial charge on any atom is -0.273 e. The van der Waals surface area contributed by atoms with Gasteiger partial charge in [0.05, 0.1) is 6.42 Å². The quantitative estimate of drug-likeness (QED) is 0.775. The van der Waals surface area contributed by atoms with Gasteiger partial charge in [-0.25, -0.2) is 0 Å². The summed E-state index contributed by atoms with van der Waals surface area (Å²) < 4.78 is 0. The van der Waals surface area contributed by atoms with Gasteiger partial charge in [-0.05, 0) is 24.5 Å². The Morgan fingerprint density at radius 1 is 1.12 bits per heavy atom. The lowest BCUT2D eigenvalue weighted by Crippen LogP contribution is -2.42. The van der Waals surface area contributed by atoms with Gasteiger partial charge in [-0.1, -0.05) is 31.2 Å². The van der Waals surface area contributed by atoms with Crippen LogP contribution in [0.4, 0.5) is 0 Å². The molecular weight excluding hydrogens is 216 g/mol. The van der Waals surface area contributed by atoms with Gasteiger partial charge in [-0.2, -0.15) is 0 Å². The maximum Gasteiger partial charge on any atom is 0.242 e. The van der Waals surface area contributed by atoms with Gasteiger partial charge in [0, 0.05) is 6.42 Å². The molecule has 1 aromatic rings. The summed E-state index contributed by atoms with van der Waals surface area (Å²) in [5, 5.41) is 0. The Bertz CT molecular complexity index is 402. The number of carbonyl (C=O) groups excluding carboxylic acids is 2. The Hall–Kier alpha value is -1.84. The average Bonchev–Trinajstić information content (AvgIpc) is 2.30. The average molecular weight is 234 g/mol. The van der Waals surface area contributed by atoms with Crippen LogP contribution in [0.5, 0.6) is 0 Å². The van der Waals surface area contributed by atoms with Crippen molar-refractivity contribution in [3.05, 3.63) is 35.4 Å². The summed E-state index contributed by atoms with van der Waals surface area (Å²) >= 11 is 0. The van der Waals surface area contributed by atoms with Crippen molar-refractivity contribution in [1.29, 1.82) is 0 Å².